The summed E-state index contributed by atoms with van der Waals surface area (Å²) < 4.78 is 28.5. The Morgan fingerprint density at radius 3 is 2.30 bits per heavy atom. The van der Waals surface area contributed by atoms with E-state index >= 15 is 0 Å². The Morgan fingerprint density at radius 1 is 0.973 bits per heavy atom. The molecule has 9 heteroatoms. The topological polar surface area (TPSA) is 69.6 Å². The fourth-order valence-corrected chi connectivity index (χ4v) is 6.01. The number of hydrogen-bond donors (Lipinski definition) is 1. The van der Waals surface area contributed by atoms with Crippen LogP contribution in [0.1, 0.15) is 30.9 Å². The van der Waals surface area contributed by atoms with E-state index in [9.17, 15) is 18.7 Å². The highest BCUT2D eigenvalue weighted by molar-refractivity contribution is 5.85. The zero-order valence-corrected chi connectivity index (χ0v) is 21.6. The summed E-state index contributed by atoms with van der Waals surface area (Å²) in [6, 6.07) is 16.7. The van der Waals surface area contributed by atoms with Crippen LogP contribution in [0.15, 0.2) is 66.9 Å². The van der Waals surface area contributed by atoms with Gasteiger partial charge in [-0.2, -0.15) is 5.10 Å². The molecule has 5 atom stereocenters. The molecule has 3 aromatic rings. The van der Waals surface area contributed by atoms with Gasteiger partial charge in [-0.15, -0.1) is 17.5 Å². The third-order valence-electron chi connectivity index (χ3n) is 7.92. The average Bonchev–Trinajstić information content (AvgIpc) is 3.32. The van der Waals surface area contributed by atoms with Crippen molar-refractivity contribution in [2.75, 3.05) is 31.1 Å². The third kappa shape index (κ3) is 4.92. The number of carbonyl (C=O) groups excluding carboxylic acids is 1. The Labute approximate surface area is 221 Å². The van der Waals surface area contributed by atoms with Gasteiger partial charge in [0.15, 0.2) is 5.82 Å². The molecule has 0 saturated carbocycles. The minimum absolute atomic E-state index is 0. The highest BCUT2D eigenvalue weighted by atomic mass is 35.5. The molecule has 1 aromatic heterocycles. The van der Waals surface area contributed by atoms with Crippen molar-refractivity contribution < 1.29 is 18.7 Å². The van der Waals surface area contributed by atoms with Crippen molar-refractivity contribution in [1.29, 1.82) is 0 Å². The van der Waals surface area contributed by atoms with Crippen molar-refractivity contribution in [3.8, 4) is 0 Å². The number of hydrogen-bond acceptors (Lipinski definition) is 5. The van der Waals surface area contributed by atoms with Crippen LogP contribution in [0, 0.1) is 29.4 Å². The number of nitrogens with zero attached hydrogens (tertiary/aromatic N) is 4. The van der Waals surface area contributed by atoms with Gasteiger partial charge >= 0.3 is 0 Å². The summed E-state index contributed by atoms with van der Waals surface area (Å²) >= 11 is 0. The summed E-state index contributed by atoms with van der Waals surface area (Å²) in [5, 5.41) is 19.8. The summed E-state index contributed by atoms with van der Waals surface area (Å²) in [5.41, 5.74) is 0.111. The number of amides is 1. The van der Waals surface area contributed by atoms with E-state index in [1.807, 2.05) is 55.1 Å². The molecule has 1 amide bonds. The molecule has 2 aliphatic rings. The summed E-state index contributed by atoms with van der Waals surface area (Å²) in [5.74, 6) is -2.21. The summed E-state index contributed by atoms with van der Waals surface area (Å²) in [6.07, 6.45) is 1.57. The molecule has 0 aliphatic carbocycles. The molecular formula is C28H31ClF2N4O2. The van der Waals surface area contributed by atoms with Crippen LogP contribution in [-0.2, 0) is 10.4 Å². The first-order valence-electron chi connectivity index (χ1n) is 12.3. The van der Waals surface area contributed by atoms with Gasteiger partial charge < -0.3 is 14.9 Å². The fraction of sp³-hybridized carbons (Fsp3) is 0.393. The quantitative estimate of drug-likeness (QED) is 0.543. The van der Waals surface area contributed by atoms with Gasteiger partial charge in [0.2, 0.25) is 5.91 Å². The molecule has 6 nitrogen and oxygen atoms in total. The second-order valence-corrected chi connectivity index (χ2v) is 10.1. The van der Waals surface area contributed by atoms with Crippen molar-refractivity contribution in [3.63, 3.8) is 0 Å². The molecule has 2 aliphatic heterocycles. The van der Waals surface area contributed by atoms with Crippen LogP contribution in [0.4, 0.5) is 14.6 Å². The molecule has 3 heterocycles. The lowest BCUT2D eigenvalue weighted by Gasteiger charge is -2.48. The number of aliphatic hydroxyl groups is 1. The molecular weight excluding hydrogens is 498 g/mol. The van der Waals surface area contributed by atoms with Gasteiger partial charge in [-0.3, -0.25) is 4.79 Å². The Kier molecular flexibility index (Phi) is 7.80. The van der Waals surface area contributed by atoms with Gasteiger partial charge in [0.1, 0.15) is 11.6 Å². The standard InChI is InChI=1S/C28H30F2N4O2.ClH/c1-18-14-34(15-19(2)28(18,36)20-7-4-3-5-8-20)27(35)24-17-33(26-9-6-12-31-32-26)16-23(24)22-11-10-21(29)13-25(22)30;/h3-13,18-19,23-24,36H,14-17H2,1-2H3;1H/t18-,19+,23-,24+,28+;/m0./s1. The van der Waals surface area contributed by atoms with Crippen LogP contribution in [0.5, 0.6) is 0 Å². The molecule has 1 N–H and O–H groups in total. The Bertz CT molecular complexity index is 1220. The molecule has 0 bridgehead atoms. The van der Waals surface area contributed by atoms with Crippen molar-refractivity contribution >= 4 is 24.1 Å². The van der Waals surface area contributed by atoms with Crippen LogP contribution < -0.4 is 4.90 Å². The Hall–Kier alpha value is -3.10. The number of halogens is 3. The van der Waals surface area contributed by atoms with E-state index in [0.29, 0.717) is 37.6 Å². The van der Waals surface area contributed by atoms with Crippen LogP contribution in [-0.4, -0.2) is 52.3 Å². The predicted octanol–water partition coefficient (Wildman–Crippen LogP) is 4.40. The van der Waals surface area contributed by atoms with Crippen molar-refractivity contribution in [2.45, 2.75) is 25.4 Å². The first-order valence-corrected chi connectivity index (χ1v) is 12.3. The molecule has 5 rings (SSSR count). The lowest BCUT2D eigenvalue weighted by atomic mass is 9.70. The van der Waals surface area contributed by atoms with Gasteiger partial charge in [0, 0.05) is 56.2 Å². The maximum Gasteiger partial charge on any atom is 0.228 e. The Morgan fingerprint density at radius 2 is 1.68 bits per heavy atom. The van der Waals surface area contributed by atoms with E-state index in [4.69, 9.17) is 0 Å². The van der Waals surface area contributed by atoms with Gasteiger partial charge in [-0.05, 0) is 29.3 Å². The van der Waals surface area contributed by atoms with Gasteiger partial charge in [0.25, 0.3) is 0 Å². The zero-order chi connectivity index (χ0) is 25.4. The highest BCUT2D eigenvalue weighted by Crippen LogP contribution is 2.43. The normalized spacial score (nSPS) is 27.6. The summed E-state index contributed by atoms with van der Waals surface area (Å²) in [7, 11) is 0. The second-order valence-electron chi connectivity index (χ2n) is 10.1. The average molecular weight is 529 g/mol. The lowest BCUT2D eigenvalue weighted by Crippen LogP contribution is -2.57. The number of likely N-dealkylation sites (tertiary alicyclic amines) is 1. The van der Waals surface area contributed by atoms with Crippen molar-refractivity contribution in [2.24, 2.45) is 17.8 Å². The largest absolute Gasteiger partial charge is 0.384 e. The number of rotatable bonds is 4. The number of carbonyl (C=O) groups is 1. The summed E-state index contributed by atoms with van der Waals surface area (Å²) in [4.78, 5) is 17.7. The van der Waals surface area contributed by atoms with Crippen molar-refractivity contribution in [3.05, 3.63) is 89.6 Å². The fourth-order valence-electron chi connectivity index (χ4n) is 6.01. The maximum absolute atomic E-state index is 14.9. The van der Waals surface area contributed by atoms with Gasteiger partial charge in [0.05, 0.1) is 11.5 Å². The molecule has 2 saturated heterocycles. The minimum Gasteiger partial charge on any atom is -0.384 e. The summed E-state index contributed by atoms with van der Waals surface area (Å²) in [6.45, 7) is 5.40. The maximum atomic E-state index is 14.9. The minimum atomic E-state index is -1.05. The van der Waals surface area contributed by atoms with E-state index in [1.165, 1.54) is 12.1 Å². The SMILES string of the molecule is C[C@@H]1CN(C(=O)[C@@H]2CN(c3cccnn3)C[C@H]2c2ccc(F)cc2F)C[C@H](C)[C@]1(O)c1ccccc1.Cl. The van der Waals surface area contributed by atoms with E-state index in [1.54, 1.807) is 17.2 Å². The molecule has 37 heavy (non-hydrogen) atoms. The third-order valence-corrected chi connectivity index (χ3v) is 7.92. The smallest absolute Gasteiger partial charge is 0.228 e. The number of benzene rings is 2. The van der Waals surface area contributed by atoms with Crippen LogP contribution >= 0.6 is 12.4 Å². The van der Waals surface area contributed by atoms with E-state index in [-0.39, 0.29) is 30.2 Å². The molecule has 2 fully saturated rings. The molecule has 0 unspecified atom stereocenters. The number of piperidine rings is 1. The van der Waals surface area contributed by atoms with E-state index < -0.39 is 29.1 Å². The molecule has 0 spiro atoms. The first-order chi connectivity index (χ1) is 17.3. The Balaban J connectivity index is 0.00000320. The molecule has 0 radical (unpaired) electrons. The number of anilines is 1. The monoisotopic (exact) mass is 528 g/mol. The first kappa shape index (κ1) is 26.9. The molecule has 196 valence electrons. The molecule has 2 aromatic carbocycles. The van der Waals surface area contributed by atoms with Gasteiger partial charge in [-0.1, -0.05) is 50.2 Å². The number of aromatic nitrogens is 2. The van der Waals surface area contributed by atoms with E-state index in [0.717, 1.165) is 11.6 Å². The zero-order valence-electron chi connectivity index (χ0n) is 20.8. The second kappa shape index (κ2) is 10.7. The van der Waals surface area contributed by atoms with E-state index in [2.05, 4.69) is 10.2 Å². The van der Waals surface area contributed by atoms with Crippen LogP contribution in [0.3, 0.4) is 0 Å². The predicted molar refractivity (Wildman–Crippen MR) is 139 cm³/mol. The van der Waals surface area contributed by atoms with Crippen LogP contribution in [0.25, 0.3) is 0 Å². The van der Waals surface area contributed by atoms with Gasteiger partial charge in [-0.25, -0.2) is 8.78 Å². The van der Waals surface area contributed by atoms with Crippen molar-refractivity contribution in [1.82, 2.24) is 15.1 Å². The highest BCUT2D eigenvalue weighted by Gasteiger charge is 2.49. The lowest BCUT2D eigenvalue weighted by molar-refractivity contribution is -0.152. The van der Waals surface area contributed by atoms with Crippen LogP contribution in [0.2, 0.25) is 0 Å².